The van der Waals surface area contributed by atoms with Gasteiger partial charge in [-0.15, -0.1) is 11.3 Å². The van der Waals surface area contributed by atoms with E-state index in [0.29, 0.717) is 16.5 Å². The summed E-state index contributed by atoms with van der Waals surface area (Å²) in [6.07, 6.45) is -4.20. The van der Waals surface area contributed by atoms with Crippen LogP contribution in [0.2, 0.25) is 0 Å². The predicted molar refractivity (Wildman–Crippen MR) is 72.3 cm³/mol. The number of nitrogens with one attached hydrogen (secondary N) is 2. The topological polar surface area (TPSA) is 80.0 Å². The van der Waals surface area contributed by atoms with Gasteiger partial charge in [-0.2, -0.15) is 13.2 Å². The summed E-state index contributed by atoms with van der Waals surface area (Å²) in [7, 11) is 0. The van der Waals surface area contributed by atoms with E-state index in [9.17, 15) is 18.0 Å². The first-order chi connectivity index (χ1) is 10.3. The first kappa shape index (κ1) is 16.3. The fourth-order valence-corrected chi connectivity index (χ4v) is 2.37. The maximum absolute atomic E-state index is 12.4. The van der Waals surface area contributed by atoms with Crippen molar-refractivity contribution in [3.8, 4) is 0 Å². The molecule has 0 saturated heterocycles. The van der Waals surface area contributed by atoms with E-state index < -0.39 is 17.9 Å². The quantitative estimate of drug-likeness (QED) is 0.880. The number of rotatable bonds is 5. The number of halogens is 3. The number of urea groups is 1. The molecular formula is C12H13F3N4O2S. The van der Waals surface area contributed by atoms with Crippen molar-refractivity contribution >= 4 is 17.4 Å². The van der Waals surface area contributed by atoms with Gasteiger partial charge in [-0.05, 0) is 6.92 Å². The van der Waals surface area contributed by atoms with Gasteiger partial charge in [-0.3, -0.25) is 0 Å². The van der Waals surface area contributed by atoms with Crippen LogP contribution in [0.1, 0.15) is 22.2 Å². The van der Waals surface area contributed by atoms with Gasteiger partial charge in [0.05, 0.1) is 17.2 Å². The third-order valence-electron chi connectivity index (χ3n) is 2.57. The summed E-state index contributed by atoms with van der Waals surface area (Å²) in [6, 6.07) is 1.25. The Hall–Kier alpha value is -2.10. The van der Waals surface area contributed by atoms with Gasteiger partial charge in [0.15, 0.2) is 11.5 Å². The van der Waals surface area contributed by atoms with Crippen molar-refractivity contribution in [3.63, 3.8) is 0 Å². The van der Waals surface area contributed by atoms with Gasteiger partial charge in [0.2, 0.25) is 0 Å². The Morgan fingerprint density at radius 2 is 2.18 bits per heavy atom. The minimum atomic E-state index is -4.44. The fourth-order valence-electron chi connectivity index (χ4n) is 1.57. The highest BCUT2D eigenvalue weighted by Gasteiger charge is 2.33. The molecule has 0 aromatic carbocycles. The van der Waals surface area contributed by atoms with E-state index >= 15 is 0 Å². The summed E-state index contributed by atoms with van der Waals surface area (Å²) in [6.45, 7) is 2.13. The summed E-state index contributed by atoms with van der Waals surface area (Å²) < 4.78 is 42.0. The SMILES string of the molecule is Cc1cc(CNC(=O)NCCc2nc(C(F)(F)F)cs2)on1. The molecule has 6 nitrogen and oxygen atoms in total. The van der Waals surface area contributed by atoms with Gasteiger partial charge in [0.25, 0.3) is 0 Å². The van der Waals surface area contributed by atoms with Crippen molar-refractivity contribution in [2.24, 2.45) is 0 Å². The van der Waals surface area contributed by atoms with Gasteiger partial charge in [-0.25, -0.2) is 9.78 Å². The van der Waals surface area contributed by atoms with Crippen molar-refractivity contribution in [2.75, 3.05) is 6.54 Å². The normalized spacial score (nSPS) is 11.5. The summed E-state index contributed by atoms with van der Waals surface area (Å²) in [5, 5.41) is 10.0. The molecule has 2 aromatic rings. The average molecular weight is 334 g/mol. The minimum Gasteiger partial charge on any atom is -0.359 e. The van der Waals surface area contributed by atoms with E-state index in [2.05, 4.69) is 20.8 Å². The van der Waals surface area contributed by atoms with E-state index in [1.807, 2.05) is 0 Å². The highest BCUT2D eigenvalue weighted by molar-refractivity contribution is 7.09. The zero-order chi connectivity index (χ0) is 16.2. The molecule has 0 saturated carbocycles. The number of hydrogen-bond donors (Lipinski definition) is 2. The van der Waals surface area contributed by atoms with Crippen molar-refractivity contribution in [3.05, 3.63) is 33.6 Å². The van der Waals surface area contributed by atoms with E-state index in [1.165, 1.54) is 0 Å². The van der Waals surface area contributed by atoms with Crippen LogP contribution in [0.5, 0.6) is 0 Å². The zero-order valence-electron chi connectivity index (χ0n) is 11.5. The Balaban J connectivity index is 1.69. The highest BCUT2D eigenvalue weighted by Crippen LogP contribution is 2.29. The van der Waals surface area contributed by atoms with Crippen LogP contribution in [0.25, 0.3) is 0 Å². The molecule has 10 heteroatoms. The third kappa shape index (κ3) is 4.72. The van der Waals surface area contributed by atoms with Crippen LogP contribution >= 0.6 is 11.3 Å². The molecule has 0 unspecified atom stereocenters. The Morgan fingerprint density at radius 1 is 1.41 bits per heavy atom. The number of thiazole rings is 1. The summed E-state index contributed by atoms with van der Waals surface area (Å²) >= 11 is 0.915. The molecule has 2 N–H and O–H groups in total. The molecule has 2 heterocycles. The number of amides is 2. The summed E-state index contributed by atoms with van der Waals surface area (Å²) in [5.41, 5.74) is -0.195. The second kappa shape index (κ2) is 6.77. The molecule has 0 bridgehead atoms. The first-order valence-corrected chi connectivity index (χ1v) is 7.18. The number of carbonyl (C=O) groups is 1. The molecule has 0 atom stereocenters. The first-order valence-electron chi connectivity index (χ1n) is 6.30. The Kier molecular flexibility index (Phi) is 5.01. The highest BCUT2D eigenvalue weighted by atomic mass is 32.1. The molecule has 0 aliphatic rings. The lowest BCUT2D eigenvalue weighted by molar-refractivity contribution is -0.140. The average Bonchev–Trinajstić information content (AvgIpc) is 3.05. The van der Waals surface area contributed by atoms with E-state index in [4.69, 9.17) is 4.52 Å². The van der Waals surface area contributed by atoms with E-state index in [-0.39, 0.29) is 19.5 Å². The smallest absolute Gasteiger partial charge is 0.359 e. The number of hydrogen-bond acceptors (Lipinski definition) is 5. The number of carbonyl (C=O) groups excluding carboxylic acids is 1. The Morgan fingerprint density at radius 3 is 2.77 bits per heavy atom. The largest absolute Gasteiger partial charge is 0.434 e. The van der Waals surface area contributed by atoms with Crippen LogP contribution in [0.3, 0.4) is 0 Å². The predicted octanol–water partition coefficient (Wildman–Crippen LogP) is 2.50. The van der Waals surface area contributed by atoms with Gasteiger partial charge >= 0.3 is 12.2 Å². The molecule has 0 spiro atoms. The molecule has 22 heavy (non-hydrogen) atoms. The molecule has 2 amide bonds. The maximum Gasteiger partial charge on any atom is 0.434 e. The van der Waals surface area contributed by atoms with E-state index in [1.54, 1.807) is 13.0 Å². The van der Waals surface area contributed by atoms with Crippen LogP contribution in [0.15, 0.2) is 16.0 Å². The van der Waals surface area contributed by atoms with E-state index in [0.717, 1.165) is 16.7 Å². The Bertz CT molecular complexity index is 638. The fraction of sp³-hybridized carbons (Fsp3) is 0.417. The van der Waals surface area contributed by atoms with Crippen molar-refractivity contribution in [1.29, 1.82) is 0 Å². The lowest BCUT2D eigenvalue weighted by Gasteiger charge is -2.05. The van der Waals surface area contributed by atoms with Gasteiger partial charge in [0, 0.05) is 24.4 Å². The van der Waals surface area contributed by atoms with Crippen molar-refractivity contribution < 1.29 is 22.5 Å². The van der Waals surface area contributed by atoms with Crippen LogP contribution in [0.4, 0.5) is 18.0 Å². The molecule has 120 valence electrons. The number of aryl methyl sites for hydroxylation is 1. The molecule has 0 fully saturated rings. The van der Waals surface area contributed by atoms with Crippen molar-refractivity contribution in [2.45, 2.75) is 26.1 Å². The summed E-state index contributed by atoms with van der Waals surface area (Å²) in [4.78, 5) is 15.0. The molecule has 0 radical (unpaired) electrons. The molecule has 2 rings (SSSR count). The minimum absolute atomic E-state index is 0.183. The molecule has 2 aromatic heterocycles. The summed E-state index contributed by atoms with van der Waals surface area (Å²) in [5.74, 6) is 0.516. The van der Waals surface area contributed by atoms with Crippen LogP contribution in [0, 0.1) is 6.92 Å². The van der Waals surface area contributed by atoms with Crippen LogP contribution in [-0.4, -0.2) is 22.7 Å². The van der Waals surface area contributed by atoms with Crippen LogP contribution in [-0.2, 0) is 19.1 Å². The second-order valence-corrected chi connectivity index (χ2v) is 5.36. The van der Waals surface area contributed by atoms with Crippen molar-refractivity contribution in [1.82, 2.24) is 20.8 Å². The molecular weight excluding hydrogens is 321 g/mol. The number of nitrogens with zero attached hydrogens (tertiary/aromatic N) is 2. The molecule has 0 aliphatic heterocycles. The number of aromatic nitrogens is 2. The van der Waals surface area contributed by atoms with Crippen LogP contribution < -0.4 is 10.6 Å². The monoisotopic (exact) mass is 334 g/mol. The number of alkyl halides is 3. The standard InChI is InChI=1S/C12H13F3N4O2S/c1-7-4-8(21-19-7)5-17-11(20)16-3-2-10-18-9(6-22-10)12(13,14)15/h4,6H,2-3,5H2,1H3,(H2,16,17,20). The molecule has 0 aliphatic carbocycles. The maximum atomic E-state index is 12.4. The van der Waals surface area contributed by atoms with Gasteiger partial charge in [0.1, 0.15) is 0 Å². The zero-order valence-corrected chi connectivity index (χ0v) is 12.3. The lowest BCUT2D eigenvalue weighted by Crippen LogP contribution is -2.36. The van der Waals surface area contributed by atoms with Gasteiger partial charge < -0.3 is 15.2 Å². The third-order valence-corrected chi connectivity index (χ3v) is 3.48. The Labute approximate surface area is 127 Å². The van der Waals surface area contributed by atoms with Gasteiger partial charge in [-0.1, -0.05) is 5.16 Å². The lowest BCUT2D eigenvalue weighted by atomic mass is 10.4. The second-order valence-electron chi connectivity index (χ2n) is 4.42.